The molecule has 1 aliphatic rings. The molecule has 6 atom stereocenters. The standard InChI is InChI=1S/C30H45N8O9P/c1-19(39)32-13-7-5-6-8-14-45-48(42,43)46-16-23-24(36-29(41)22(31)15-20-9-11-21(44-4)12-10-20)26(40)30(47-23)38-18-35-25-27(37(2)3)33-17-34-28(25)38/h9-12,17-18,22-24,26,30,40H,5-8,13-16,31H2,1-4H3,(H3,32,36,39,41,42,43)/p+1. The van der Waals surface area contributed by atoms with E-state index in [0.29, 0.717) is 35.7 Å². The van der Waals surface area contributed by atoms with Crippen molar-refractivity contribution in [3.8, 4) is 5.75 Å². The van der Waals surface area contributed by atoms with Crippen LogP contribution in [0.5, 0.6) is 5.75 Å². The number of aromatic amines is 1. The lowest BCUT2D eigenvalue weighted by molar-refractivity contribution is -0.745. The molecule has 6 unspecified atom stereocenters. The number of aliphatic hydroxyl groups excluding tert-OH is 1. The summed E-state index contributed by atoms with van der Waals surface area (Å²) in [6.07, 6.45) is 2.49. The van der Waals surface area contributed by atoms with E-state index in [0.717, 1.165) is 24.8 Å². The summed E-state index contributed by atoms with van der Waals surface area (Å²) in [5.41, 5.74) is 8.06. The molecule has 4 rings (SSSR count). The van der Waals surface area contributed by atoms with Gasteiger partial charge in [0.25, 0.3) is 0 Å². The van der Waals surface area contributed by atoms with E-state index in [1.807, 2.05) is 14.1 Å². The van der Waals surface area contributed by atoms with Crippen LogP contribution in [0.1, 0.15) is 44.4 Å². The van der Waals surface area contributed by atoms with Crippen LogP contribution in [0.25, 0.3) is 11.2 Å². The predicted molar refractivity (Wildman–Crippen MR) is 174 cm³/mol. The molecule has 2 amide bonds. The average Bonchev–Trinajstić information content (AvgIpc) is 3.61. The first-order valence-corrected chi connectivity index (χ1v) is 17.2. The smallest absolute Gasteiger partial charge is 0.472 e. The third-order valence-electron chi connectivity index (χ3n) is 7.83. The summed E-state index contributed by atoms with van der Waals surface area (Å²) >= 11 is 0. The maximum atomic E-state index is 13.3. The number of unbranched alkanes of at least 4 members (excludes halogenated alkanes) is 3. The number of nitrogens with two attached hydrogens (primary N) is 1. The van der Waals surface area contributed by atoms with Gasteiger partial charge in [-0.05, 0) is 37.0 Å². The number of nitrogens with zero attached hydrogens (tertiary/aromatic N) is 4. The number of benzene rings is 1. The minimum atomic E-state index is -4.51. The first kappa shape index (κ1) is 37.1. The first-order valence-electron chi connectivity index (χ1n) is 15.7. The molecule has 1 saturated heterocycles. The Hall–Kier alpha value is -3.70. The summed E-state index contributed by atoms with van der Waals surface area (Å²) in [7, 11) is 0.693. The Morgan fingerprint density at radius 2 is 1.90 bits per heavy atom. The summed E-state index contributed by atoms with van der Waals surface area (Å²) in [4.78, 5) is 48.2. The van der Waals surface area contributed by atoms with Crippen molar-refractivity contribution in [3.63, 3.8) is 0 Å². The second-order valence-electron chi connectivity index (χ2n) is 11.7. The van der Waals surface area contributed by atoms with Crippen molar-refractivity contribution in [2.75, 3.05) is 45.9 Å². The highest BCUT2D eigenvalue weighted by Gasteiger charge is 2.49. The van der Waals surface area contributed by atoms with E-state index in [9.17, 15) is 24.2 Å². The van der Waals surface area contributed by atoms with Crippen molar-refractivity contribution < 1.29 is 47.2 Å². The number of nitrogens with one attached hydrogen (secondary N) is 3. The van der Waals surface area contributed by atoms with E-state index in [-0.39, 0.29) is 18.9 Å². The Balaban J connectivity index is 1.43. The van der Waals surface area contributed by atoms with Gasteiger partial charge in [-0.15, -0.1) is 0 Å². The number of aromatic nitrogens is 4. The number of phosphoric ester groups is 1. The van der Waals surface area contributed by atoms with Crippen LogP contribution in [0.3, 0.4) is 0 Å². The zero-order valence-electron chi connectivity index (χ0n) is 27.6. The van der Waals surface area contributed by atoms with Crippen molar-refractivity contribution in [3.05, 3.63) is 42.5 Å². The van der Waals surface area contributed by atoms with E-state index in [1.165, 1.54) is 13.3 Å². The van der Waals surface area contributed by atoms with Crippen LogP contribution >= 0.6 is 7.82 Å². The number of carbonyl (C=O) groups excluding carboxylic acids is 2. The molecule has 0 aliphatic carbocycles. The quantitative estimate of drug-likeness (QED) is 0.0606. The lowest BCUT2D eigenvalue weighted by atomic mass is 10.0. The molecule has 2 aromatic heterocycles. The van der Waals surface area contributed by atoms with Crippen LogP contribution in [-0.4, -0.2) is 102 Å². The van der Waals surface area contributed by atoms with Gasteiger partial charge in [0.05, 0.1) is 32.4 Å². The third kappa shape index (κ3) is 9.92. The molecule has 3 aromatic rings. The Labute approximate surface area is 278 Å². The monoisotopic (exact) mass is 693 g/mol. The zero-order valence-corrected chi connectivity index (χ0v) is 28.5. The largest absolute Gasteiger partial charge is 0.497 e. The molecule has 0 spiro atoms. The summed E-state index contributed by atoms with van der Waals surface area (Å²) in [6.45, 7) is 1.51. The van der Waals surface area contributed by atoms with E-state index >= 15 is 0 Å². The predicted octanol–water partition coefficient (Wildman–Crippen LogP) is 0.463. The Morgan fingerprint density at radius 3 is 2.58 bits per heavy atom. The molecule has 17 nitrogen and oxygen atoms in total. The molecule has 0 radical (unpaired) electrons. The SMILES string of the molecule is COc1ccc(CC(N)C(=O)NC2C(COP(=O)(O)OCCCCCCNC(C)=O)OC([n+]3c[nH]c4c(N(C)C)ncnc43)C2O)cc1. The van der Waals surface area contributed by atoms with Crippen molar-refractivity contribution in [1.82, 2.24) is 25.6 Å². The number of amides is 2. The van der Waals surface area contributed by atoms with Gasteiger partial charge in [0, 0.05) is 27.6 Å². The molecular formula is C30H46N8O9P+. The number of hydrogen-bond donors (Lipinski definition) is 6. The number of carbonyl (C=O) groups is 2. The molecule has 1 aromatic carbocycles. The molecule has 7 N–H and O–H groups in total. The van der Waals surface area contributed by atoms with Crippen molar-refractivity contribution in [2.45, 2.75) is 69.5 Å². The normalized spacial score (nSPS) is 21.1. The lowest BCUT2D eigenvalue weighted by Crippen LogP contribution is -2.55. The number of imidazole rings is 1. The topological polar surface area (TPSA) is 227 Å². The van der Waals surface area contributed by atoms with Crippen LogP contribution in [-0.2, 0) is 34.4 Å². The van der Waals surface area contributed by atoms with Crippen molar-refractivity contribution in [2.24, 2.45) is 5.73 Å². The van der Waals surface area contributed by atoms with Crippen molar-refractivity contribution >= 4 is 36.6 Å². The number of fused-ring (bicyclic) bond motifs is 1. The fraction of sp³-hybridized carbons (Fsp3) is 0.567. The second kappa shape index (κ2) is 17.1. The van der Waals surface area contributed by atoms with Gasteiger partial charge in [0.15, 0.2) is 18.5 Å². The third-order valence-corrected chi connectivity index (χ3v) is 8.82. The molecule has 3 heterocycles. The van der Waals surface area contributed by atoms with E-state index in [2.05, 4.69) is 25.6 Å². The van der Waals surface area contributed by atoms with E-state index < -0.39 is 50.9 Å². The van der Waals surface area contributed by atoms with Gasteiger partial charge in [-0.2, -0.15) is 4.98 Å². The number of anilines is 1. The molecule has 0 saturated carbocycles. The van der Waals surface area contributed by atoms with Gasteiger partial charge in [-0.1, -0.05) is 30.0 Å². The minimum Gasteiger partial charge on any atom is -0.497 e. The molecule has 18 heteroatoms. The minimum absolute atomic E-state index is 0.0236. The van der Waals surface area contributed by atoms with Crippen LogP contribution < -0.4 is 30.6 Å². The molecule has 0 bridgehead atoms. The molecule has 1 aliphatic heterocycles. The Bertz CT molecular complexity index is 1560. The van der Waals surface area contributed by atoms with Gasteiger partial charge >= 0.3 is 13.5 Å². The van der Waals surface area contributed by atoms with E-state index in [4.69, 9.17) is 24.3 Å². The van der Waals surface area contributed by atoms with Crippen LogP contribution in [0, 0.1) is 0 Å². The van der Waals surface area contributed by atoms with Gasteiger partial charge in [0.2, 0.25) is 23.6 Å². The number of hydrogen-bond acceptors (Lipinski definition) is 12. The Morgan fingerprint density at radius 1 is 1.17 bits per heavy atom. The average molecular weight is 694 g/mol. The summed E-state index contributed by atoms with van der Waals surface area (Å²) in [5, 5.41) is 17.0. The zero-order chi connectivity index (χ0) is 34.8. The number of ether oxygens (including phenoxy) is 2. The number of methoxy groups -OCH3 is 1. The fourth-order valence-electron chi connectivity index (χ4n) is 5.32. The van der Waals surface area contributed by atoms with Crippen molar-refractivity contribution in [1.29, 1.82) is 0 Å². The molecule has 48 heavy (non-hydrogen) atoms. The number of rotatable bonds is 18. The van der Waals surface area contributed by atoms with Crippen LogP contribution in [0.2, 0.25) is 0 Å². The summed E-state index contributed by atoms with van der Waals surface area (Å²) in [5.74, 6) is 0.615. The van der Waals surface area contributed by atoms with Crippen LogP contribution in [0.4, 0.5) is 5.82 Å². The fourth-order valence-corrected chi connectivity index (χ4v) is 6.09. The highest BCUT2D eigenvalue weighted by molar-refractivity contribution is 7.47. The maximum Gasteiger partial charge on any atom is 0.472 e. The number of phosphoric acid groups is 1. The van der Waals surface area contributed by atoms with Gasteiger partial charge in [0.1, 0.15) is 18.0 Å². The van der Waals surface area contributed by atoms with Gasteiger partial charge in [-0.3, -0.25) is 23.6 Å². The Kier molecular flexibility index (Phi) is 13.2. The van der Waals surface area contributed by atoms with Gasteiger partial charge in [-0.25, -0.2) is 9.13 Å². The lowest BCUT2D eigenvalue weighted by Gasteiger charge is -2.24. The second-order valence-corrected chi connectivity index (χ2v) is 13.2. The maximum absolute atomic E-state index is 13.3. The molecular weight excluding hydrogens is 647 g/mol. The highest BCUT2D eigenvalue weighted by atomic mass is 31.2. The summed E-state index contributed by atoms with van der Waals surface area (Å²) < 4.78 is 36.1. The highest BCUT2D eigenvalue weighted by Crippen LogP contribution is 2.44. The summed E-state index contributed by atoms with van der Waals surface area (Å²) in [6, 6.07) is 5.07. The van der Waals surface area contributed by atoms with E-state index in [1.54, 1.807) is 47.2 Å². The number of H-pyrrole nitrogens is 1. The number of aliphatic hydroxyl groups is 1. The molecule has 1 fully saturated rings. The molecule has 264 valence electrons. The van der Waals surface area contributed by atoms with Crippen LogP contribution in [0.15, 0.2) is 36.9 Å². The first-order chi connectivity index (χ1) is 22.9. The van der Waals surface area contributed by atoms with Gasteiger partial charge < -0.3 is 40.7 Å².